The third kappa shape index (κ3) is 3.14. The number of carbonyl (C=O) groups excluding carboxylic acids is 1. The van der Waals surface area contributed by atoms with Crippen LogP contribution in [0.3, 0.4) is 0 Å². The van der Waals surface area contributed by atoms with Crippen LogP contribution in [0.5, 0.6) is 0 Å². The molecule has 2 saturated heterocycles. The molecule has 136 valence electrons. The lowest BCUT2D eigenvalue weighted by molar-refractivity contribution is -0.169. The van der Waals surface area contributed by atoms with Gasteiger partial charge in [-0.05, 0) is 18.4 Å². The van der Waals surface area contributed by atoms with Crippen LogP contribution in [-0.4, -0.2) is 36.2 Å². The highest BCUT2D eigenvalue weighted by Crippen LogP contribution is 2.55. The first-order valence-electron chi connectivity index (χ1n) is 9.48. The molecule has 1 amide bonds. The summed E-state index contributed by atoms with van der Waals surface area (Å²) in [6.07, 6.45) is 9.93. The predicted molar refractivity (Wildman–Crippen MR) is 98.3 cm³/mol. The molecule has 1 spiro atoms. The lowest BCUT2D eigenvalue weighted by Crippen LogP contribution is -2.62. The van der Waals surface area contributed by atoms with Gasteiger partial charge in [-0.2, -0.15) is 10.2 Å². The maximum atomic E-state index is 13.0. The summed E-state index contributed by atoms with van der Waals surface area (Å²) in [7, 11) is 0. The largest absolute Gasteiger partial charge is 0.381 e. The van der Waals surface area contributed by atoms with E-state index in [9.17, 15) is 4.79 Å². The summed E-state index contributed by atoms with van der Waals surface area (Å²) in [5, 5.41) is 8.30. The molecule has 2 fully saturated rings. The number of terminal acetylenes is 1. The van der Waals surface area contributed by atoms with E-state index in [1.807, 2.05) is 6.07 Å². The molecule has 3 heterocycles. The van der Waals surface area contributed by atoms with Gasteiger partial charge in [0.1, 0.15) is 0 Å². The average Bonchev–Trinajstić information content (AvgIpc) is 3.45. The fraction of sp³-hybridized carbons (Fsp3) is 0.571. The Bertz CT molecular complexity index is 725. The van der Waals surface area contributed by atoms with Crippen molar-refractivity contribution >= 4 is 5.91 Å². The van der Waals surface area contributed by atoms with Gasteiger partial charge in [-0.15, -0.1) is 12.3 Å². The number of likely N-dealkylation sites (tertiary alicyclic amines) is 1. The Morgan fingerprint density at radius 3 is 2.62 bits per heavy atom. The van der Waals surface area contributed by atoms with E-state index in [2.05, 4.69) is 45.3 Å². The van der Waals surface area contributed by atoms with Crippen molar-refractivity contribution in [1.29, 1.82) is 0 Å². The van der Waals surface area contributed by atoms with Crippen LogP contribution in [0, 0.1) is 17.8 Å². The van der Waals surface area contributed by atoms with Crippen LogP contribution in [0.1, 0.15) is 50.1 Å². The van der Waals surface area contributed by atoms with E-state index in [4.69, 9.17) is 11.2 Å². The number of carbonyl (C=O) groups is 1. The molecule has 4 rings (SSSR count). The number of benzene rings is 1. The van der Waals surface area contributed by atoms with Gasteiger partial charge >= 0.3 is 0 Å². The molecule has 1 atom stereocenters. The zero-order valence-corrected chi connectivity index (χ0v) is 15.1. The molecule has 0 aliphatic carbocycles. The molecule has 0 saturated carbocycles. The first-order chi connectivity index (χ1) is 12.7. The Morgan fingerprint density at radius 1 is 1.23 bits per heavy atom. The third-order valence-electron chi connectivity index (χ3n) is 6.09. The molecule has 26 heavy (non-hydrogen) atoms. The number of hydrogen-bond acceptors (Lipinski definition) is 4. The van der Waals surface area contributed by atoms with Crippen LogP contribution in [0.2, 0.25) is 0 Å². The van der Waals surface area contributed by atoms with Crippen LogP contribution in [0.25, 0.3) is 0 Å². The highest BCUT2D eigenvalue weighted by molar-refractivity contribution is 5.78. The van der Waals surface area contributed by atoms with Gasteiger partial charge in [0.25, 0.3) is 0 Å². The third-order valence-corrected chi connectivity index (χ3v) is 6.09. The van der Waals surface area contributed by atoms with Crippen LogP contribution in [0.15, 0.2) is 40.6 Å². The van der Waals surface area contributed by atoms with E-state index in [-0.39, 0.29) is 23.0 Å². The van der Waals surface area contributed by atoms with Gasteiger partial charge < -0.3 is 9.64 Å². The summed E-state index contributed by atoms with van der Waals surface area (Å²) >= 11 is 0. The minimum atomic E-state index is -0.383. The van der Waals surface area contributed by atoms with E-state index >= 15 is 0 Å². The van der Waals surface area contributed by atoms with E-state index in [1.165, 1.54) is 5.56 Å². The molecule has 0 aromatic heterocycles. The second-order valence-corrected chi connectivity index (χ2v) is 7.70. The van der Waals surface area contributed by atoms with Crippen molar-refractivity contribution in [3.05, 3.63) is 35.9 Å². The number of amides is 1. The zero-order chi connectivity index (χ0) is 18.0. The molecular formula is C21H25N3O2. The van der Waals surface area contributed by atoms with Crippen LogP contribution >= 0.6 is 0 Å². The average molecular weight is 351 g/mol. The van der Waals surface area contributed by atoms with Gasteiger partial charge in [-0.25, -0.2) is 0 Å². The lowest BCUT2D eigenvalue weighted by atomic mass is 9.64. The summed E-state index contributed by atoms with van der Waals surface area (Å²) in [5.74, 6) is 2.84. The van der Waals surface area contributed by atoms with E-state index in [0.717, 1.165) is 39.0 Å². The molecule has 0 N–H and O–H groups in total. The summed E-state index contributed by atoms with van der Waals surface area (Å²) in [5.41, 5.74) is 1.02. The molecule has 3 aliphatic heterocycles. The molecule has 1 aromatic carbocycles. The van der Waals surface area contributed by atoms with Crippen LogP contribution in [0.4, 0.5) is 0 Å². The lowest BCUT2D eigenvalue weighted by Gasteiger charge is -2.59. The number of rotatable bonds is 6. The Hall–Kier alpha value is -2.19. The first-order valence-corrected chi connectivity index (χ1v) is 9.48. The maximum Gasteiger partial charge on any atom is 0.223 e. The monoisotopic (exact) mass is 351 g/mol. The highest BCUT2D eigenvalue weighted by Gasteiger charge is 2.55. The molecule has 5 heteroatoms. The summed E-state index contributed by atoms with van der Waals surface area (Å²) < 4.78 is 5.57. The number of hydrogen-bond donors (Lipinski definition) is 0. The van der Waals surface area contributed by atoms with Crippen molar-refractivity contribution in [2.24, 2.45) is 15.6 Å². The van der Waals surface area contributed by atoms with Crippen molar-refractivity contribution < 1.29 is 9.53 Å². The standard InChI is InChI=1S/C21H25N3O2/c1-2-3-10-21(22-23-21)11-9-18(25)24-16-20(12-14-26-15-13-20)19(24)17-7-5-4-6-8-17/h1,4-8,19H,3,9-16H2. The van der Waals surface area contributed by atoms with Gasteiger partial charge in [-0.3, -0.25) is 4.79 Å². The van der Waals surface area contributed by atoms with Crippen molar-refractivity contribution in [3.63, 3.8) is 0 Å². The van der Waals surface area contributed by atoms with Gasteiger partial charge in [-0.1, -0.05) is 30.3 Å². The molecule has 1 aromatic rings. The Morgan fingerprint density at radius 2 is 1.96 bits per heavy atom. The summed E-state index contributed by atoms with van der Waals surface area (Å²) in [6, 6.07) is 10.6. The first kappa shape index (κ1) is 17.2. The quantitative estimate of drug-likeness (QED) is 0.734. The second-order valence-electron chi connectivity index (χ2n) is 7.70. The fourth-order valence-electron chi connectivity index (χ4n) is 4.46. The van der Waals surface area contributed by atoms with Gasteiger partial charge in [0, 0.05) is 50.9 Å². The number of ether oxygens (including phenoxy) is 1. The van der Waals surface area contributed by atoms with Gasteiger partial charge in [0.15, 0.2) is 5.66 Å². The smallest absolute Gasteiger partial charge is 0.223 e. The second kappa shape index (κ2) is 6.85. The minimum Gasteiger partial charge on any atom is -0.381 e. The zero-order valence-electron chi connectivity index (χ0n) is 15.1. The van der Waals surface area contributed by atoms with Crippen LogP contribution in [-0.2, 0) is 9.53 Å². The molecule has 1 unspecified atom stereocenters. The molecule has 5 nitrogen and oxygen atoms in total. The predicted octanol–water partition coefficient (Wildman–Crippen LogP) is 3.72. The molecule has 0 bridgehead atoms. The maximum absolute atomic E-state index is 13.0. The topological polar surface area (TPSA) is 54.3 Å². The van der Waals surface area contributed by atoms with Crippen molar-refractivity contribution in [1.82, 2.24) is 4.90 Å². The Kier molecular flexibility index (Phi) is 4.54. The summed E-state index contributed by atoms with van der Waals surface area (Å²) in [6.45, 7) is 2.41. The molecule has 3 aliphatic rings. The minimum absolute atomic E-state index is 0.162. The SMILES string of the molecule is C#CCCC1(CCC(=O)N2CC3(CCOCC3)C2c2ccccc2)N=N1. The Labute approximate surface area is 154 Å². The fourth-order valence-corrected chi connectivity index (χ4v) is 4.46. The molecular weight excluding hydrogens is 326 g/mol. The number of nitrogens with zero attached hydrogens (tertiary/aromatic N) is 3. The van der Waals surface area contributed by atoms with E-state index < -0.39 is 0 Å². The van der Waals surface area contributed by atoms with E-state index in [0.29, 0.717) is 19.3 Å². The normalized spacial score (nSPS) is 24.7. The summed E-state index contributed by atoms with van der Waals surface area (Å²) in [4.78, 5) is 15.0. The highest BCUT2D eigenvalue weighted by atomic mass is 16.5. The van der Waals surface area contributed by atoms with Crippen molar-refractivity contribution in [2.75, 3.05) is 19.8 Å². The van der Waals surface area contributed by atoms with E-state index in [1.54, 1.807) is 0 Å². The Balaban J connectivity index is 1.44. The van der Waals surface area contributed by atoms with Crippen molar-refractivity contribution in [3.8, 4) is 12.3 Å². The van der Waals surface area contributed by atoms with Gasteiger partial charge in [0.05, 0.1) is 6.04 Å². The molecule has 0 radical (unpaired) electrons. The van der Waals surface area contributed by atoms with Crippen molar-refractivity contribution in [2.45, 2.75) is 50.2 Å². The van der Waals surface area contributed by atoms with Crippen LogP contribution < -0.4 is 0 Å². The van der Waals surface area contributed by atoms with Gasteiger partial charge in [0.2, 0.25) is 5.91 Å².